The van der Waals surface area contributed by atoms with Crippen molar-refractivity contribution in [1.82, 2.24) is 25.3 Å². The topological polar surface area (TPSA) is 113 Å². The van der Waals surface area contributed by atoms with Gasteiger partial charge >= 0.3 is 0 Å². The van der Waals surface area contributed by atoms with Crippen molar-refractivity contribution >= 4 is 17.4 Å². The van der Waals surface area contributed by atoms with Crippen molar-refractivity contribution in [3.8, 4) is 11.5 Å². The monoisotopic (exact) mass is 406 g/mol. The van der Waals surface area contributed by atoms with Crippen molar-refractivity contribution in [3.63, 3.8) is 0 Å². The van der Waals surface area contributed by atoms with Crippen molar-refractivity contribution in [3.05, 3.63) is 59.7 Å². The molecular formula is C22H26N6O2. The van der Waals surface area contributed by atoms with Crippen molar-refractivity contribution < 1.29 is 9.90 Å². The second-order valence-corrected chi connectivity index (χ2v) is 7.42. The molecule has 8 heteroatoms. The van der Waals surface area contributed by atoms with Gasteiger partial charge in [0.25, 0.3) is 5.91 Å². The highest BCUT2D eigenvalue weighted by molar-refractivity contribution is 6.00. The molecule has 0 bridgehead atoms. The minimum atomic E-state index is -0.638. The van der Waals surface area contributed by atoms with Gasteiger partial charge in [-0.1, -0.05) is 19.9 Å². The van der Waals surface area contributed by atoms with E-state index in [0.717, 1.165) is 11.3 Å². The number of nitrogens with one attached hydrogen (secondary N) is 2. The molecule has 156 valence electrons. The van der Waals surface area contributed by atoms with Gasteiger partial charge in [0.2, 0.25) is 0 Å². The van der Waals surface area contributed by atoms with Crippen LogP contribution in [0.4, 0.5) is 11.5 Å². The number of amides is 1. The Morgan fingerprint density at radius 1 is 1.13 bits per heavy atom. The zero-order valence-corrected chi connectivity index (χ0v) is 17.5. The average Bonchev–Trinajstić information content (AvgIpc) is 2.72. The molecule has 8 nitrogen and oxygen atoms in total. The van der Waals surface area contributed by atoms with Gasteiger partial charge < -0.3 is 15.7 Å². The lowest BCUT2D eigenvalue weighted by molar-refractivity contribution is 0.0924. The fraction of sp³-hybridized carbons (Fsp3) is 0.318. The van der Waals surface area contributed by atoms with E-state index in [1.165, 1.54) is 6.20 Å². The number of aromatic nitrogens is 4. The number of carbonyl (C=O) groups excluding carboxylic acids is 1. The molecule has 0 aliphatic carbocycles. The first-order valence-electron chi connectivity index (χ1n) is 9.83. The van der Waals surface area contributed by atoms with E-state index < -0.39 is 6.10 Å². The Kier molecular flexibility index (Phi) is 6.68. The highest BCUT2D eigenvalue weighted by Gasteiger charge is 2.17. The highest BCUT2D eigenvalue weighted by Crippen LogP contribution is 2.28. The van der Waals surface area contributed by atoms with Crippen LogP contribution in [0.1, 0.15) is 48.3 Å². The third kappa shape index (κ3) is 5.15. The molecule has 0 aliphatic heterocycles. The molecule has 3 heterocycles. The Labute approximate surface area is 175 Å². The summed E-state index contributed by atoms with van der Waals surface area (Å²) in [6.45, 7) is 7.79. The van der Waals surface area contributed by atoms with Crippen LogP contribution in [-0.4, -0.2) is 43.6 Å². The molecule has 0 unspecified atom stereocenters. The number of aliphatic hydroxyl groups is 1. The standard InChI is InChI=1S/C22H26N6O2/c1-13(2)16-12-24-21(19-7-5-6-14(3)26-19)28-20(16)27-18-8-9-23-11-17(18)22(30)25-10-15(4)29/h5-9,11-13,15,29H,10H2,1-4H3,(H,25,30)(H,23,24,27,28)/t15-/m1/s1. The first-order valence-corrected chi connectivity index (χ1v) is 9.83. The smallest absolute Gasteiger partial charge is 0.255 e. The zero-order valence-electron chi connectivity index (χ0n) is 17.5. The molecule has 0 saturated heterocycles. The van der Waals surface area contributed by atoms with Gasteiger partial charge in [-0.2, -0.15) is 0 Å². The number of rotatable bonds is 7. The van der Waals surface area contributed by atoms with Gasteiger partial charge in [-0.05, 0) is 38.0 Å². The number of nitrogens with zero attached hydrogens (tertiary/aromatic N) is 4. The third-order valence-corrected chi connectivity index (χ3v) is 4.43. The van der Waals surface area contributed by atoms with Crippen LogP contribution in [0.5, 0.6) is 0 Å². The van der Waals surface area contributed by atoms with E-state index in [1.54, 1.807) is 25.4 Å². The molecule has 3 rings (SSSR count). The van der Waals surface area contributed by atoms with Gasteiger partial charge in [0.1, 0.15) is 11.5 Å². The first-order chi connectivity index (χ1) is 14.3. The highest BCUT2D eigenvalue weighted by atomic mass is 16.3. The molecule has 0 aromatic carbocycles. The Bertz CT molecular complexity index is 1040. The molecule has 1 atom stereocenters. The van der Waals surface area contributed by atoms with Crippen LogP contribution in [0, 0.1) is 6.92 Å². The van der Waals surface area contributed by atoms with Gasteiger partial charge in [0, 0.05) is 36.4 Å². The van der Waals surface area contributed by atoms with Crippen LogP contribution in [0.15, 0.2) is 42.9 Å². The van der Waals surface area contributed by atoms with Crippen LogP contribution >= 0.6 is 0 Å². The van der Waals surface area contributed by atoms with Gasteiger partial charge in [-0.3, -0.25) is 9.78 Å². The number of hydrogen-bond acceptors (Lipinski definition) is 7. The largest absolute Gasteiger partial charge is 0.392 e. The van der Waals surface area contributed by atoms with Gasteiger partial charge in [-0.25, -0.2) is 15.0 Å². The van der Waals surface area contributed by atoms with Crippen LogP contribution in [0.25, 0.3) is 11.5 Å². The number of hydrogen-bond donors (Lipinski definition) is 3. The summed E-state index contributed by atoms with van der Waals surface area (Å²) in [4.78, 5) is 30.3. The van der Waals surface area contributed by atoms with E-state index in [4.69, 9.17) is 4.98 Å². The number of aryl methyl sites for hydroxylation is 1. The molecule has 1 amide bonds. The third-order valence-electron chi connectivity index (χ3n) is 4.43. The summed E-state index contributed by atoms with van der Waals surface area (Å²) < 4.78 is 0. The average molecular weight is 406 g/mol. The lowest BCUT2D eigenvalue weighted by Gasteiger charge is -2.16. The maximum Gasteiger partial charge on any atom is 0.255 e. The van der Waals surface area contributed by atoms with Crippen LogP contribution in [-0.2, 0) is 0 Å². The number of pyridine rings is 2. The minimum Gasteiger partial charge on any atom is -0.392 e. The predicted molar refractivity (Wildman–Crippen MR) is 116 cm³/mol. The molecule has 0 radical (unpaired) electrons. The Morgan fingerprint density at radius 3 is 2.63 bits per heavy atom. The molecule has 0 aliphatic rings. The van der Waals surface area contributed by atoms with Crippen LogP contribution in [0.2, 0.25) is 0 Å². The SMILES string of the molecule is Cc1cccc(-c2ncc(C(C)C)c(Nc3ccncc3C(=O)NC[C@@H](C)O)n2)n1. The van der Waals surface area contributed by atoms with E-state index in [9.17, 15) is 9.90 Å². The number of carbonyl (C=O) groups is 1. The minimum absolute atomic E-state index is 0.154. The summed E-state index contributed by atoms with van der Waals surface area (Å²) in [7, 11) is 0. The fourth-order valence-electron chi connectivity index (χ4n) is 2.85. The summed E-state index contributed by atoms with van der Waals surface area (Å²) in [5.41, 5.74) is 3.40. The molecule has 0 spiro atoms. The van der Waals surface area contributed by atoms with Crippen LogP contribution < -0.4 is 10.6 Å². The summed E-state index contributed by atoms with van der Waals surface area (Å²) in [5, 5.41) is 15.4. The molecule has 3 N–H and O–H groups in total. The van der Waals surface area contributed by atoms with E-state index in [-0.39, 0.29) is 18.4 Å². The maximum absolute atomic E-state index is 12.6. The van der Waals surface area contributed by atoms with Crippen molar-refractivity contribution in [2.75, 3.05) is 11.9 Å². The quantitative estimate of drug-likeness (QED) is 0.552. The maximum atomic E-state index is 12.6. The number of aliphatic hydroxyl groups excluding tert-OH is 1. The molecule has 3 aromatic heterocycles. The van der Waals surface area contributed by atoms with E-state index in [0.29, 0.717) is 28.6 Å². The summed E-state index contributed by atoms with van der Waals surface area (Å²) in [6.07, 6.45) is 4.24. The Morgan fingerprint density at radius 2 is 1.93 bits per heavy atom. The normalized spacial score (nSPS) is 11.9. The van der Waals surface area contributed by atoms with Crippen molar-refractivity contribution in [2.45, 2.75) is 39.7 Å². The second-order valence-electron chi connectivity index (χ2n) is 7.42. The molecule has 0 saturated carbocycles. The summed E-state index contributed by atoms with van der Waals surface area (Å²) >= 11 is 0. The molecular weight excluding hydrogens is 380 g/mol. The molecule has 30 heavy (non-hydrogen) atoms. The molecule has 3 aromatic rings. The van der Waals surface area contributed by atoms with E-state index in [2.05, 4.69) is 39.4 Å². The number of anilines is 2. The predicted octanol–water partition coefficient (Wildman–Crippen LogP) is 3.22. The van der Waals surface area contributed by atoms with Crippen LogP contribution in [0.3, 0.4) is 0 Å². The first kappa shape index (κ1) is 21.3. The van der Waals surface area contributed by atoms with E-state index in [1.807, 2.05) is 25.1 Å². The van der Waals surface area contributed by atoms with Gasteiger partial charge in [0.15, 0.2) is 5.82 Å². The fourth-order valence-corrected chi connectivity index (χ4v) is 2.85. The van der Waals surface area contributed by atoms with Crippen molar-refractivity contribution in [1.29, 1.82) is 0 Å². The zero-order chi connectivity index (χ0) is 21.7. The van der Waals surface area contributed by atoms with Gasteiger partial charge in [-0.15, -0.1) is 0 Å². The Balaban J connectivity index is 1.98. The lowest BCUT2D eigenvalue weighted by atomic mass is 10.1. The summed E-state index contributed by atoms with van der Waals surface area (Å²) in [5.74, 6) is 0.947. The lowest BCUT2D eigenvalue weighted by Crippen LogP contribution is -2.31. The second kappa shape index (κ2) is 9.41. The van der Waals surface area contributed by atoms with E-state index >= 15 is 0 Å². The van der Waals surface area contributed by atoms with Gasteiger partial charge in [0.05, 0.1) is 17.4 Å². The Hall–Kier alpha value is -3.39. The van der Waals surface area contributed by atoms with Crippen molar-refractivity contribution in [2.24, 2.45) is 0 Å². The summed E-state index contributed by atoms with van der Waals surface area (Å²) in [6, 6.07) is 7.41. The molecule has 0 fully saturated rings.